The van der Waals surface area contributed by atoms with Crippen LogP contribution in [0.5, 0.6) is 5.88 Å². The lowest BCUT2D eigenvalue weighted by atomic mass is 10.1. The maximum atomic E-state index is 12.8. The predicted octanol–water partition coefficient (Wildman–Crippen LogP) is 2.22. The third-order valence-electron chi connectivity index (χ3n) is 3.71. The van der Waals surface area contributed by atoms with Crippen molar-refractivity contribution in [3.05, 3.63) is 70.5 Å². The average molecular weight is 310 g/mol. The van der Waals surface area contributed by atoms with E-state index < -0.39 is 17.3 Å². The molecule has 0 spiro atoms. The zero-order valence-electron chi connectivity index (χ0n) is 12.3. The van der Waals surface area contributed by atoms with Gasteiger partial charge in [-0.1, -0.05) is 36.4 Å². The van der Waals surface area contributed by atoms with Crippen LogP contribution in [-0.4, -0.2) is 28.0 Å². The van der Waals surface area contributed by atoms with E-state index in [1.807, 2.05) is 6.07 Å². The monoisotopic (exact) mass is 310 g/mol. The number of fused-ring (bicyclic) bond motifs is 1. The van der Waals surface area contributed by atoms with Gasteiger partial charge < -0.3 is 15.2 Å². The lowest BCUT2D eigenvalue weighted by molar-refractivity contribution is 0.0976. The molecule has 0 aliphatic heterocycles. The number of pyridine rings is 1. The van der Waals surface area contributed by atoms with Crippen LogP contribution in [0.25, 0.3) is 10.8 Å². The van der Waals surface area contributed by atoms with E-state index >= 15 is 0 Å². The van der Waals surface area contributed by atoms with Crippen LogP contribution in [0.4, 0.5) is 5.69 Å². The Morgan fingerprint density at radius 2 is 1.57 bits per heavy atom. The van der Waals surface area contributed by atoms with Crippen molar-refractivity contribution in [1.82, 2.24) is 4.73 Å². The second-order valence-corrected chi connectivity index (χ2v) is 5.06. The topological polar surface area (TPSA) is 82.8 Å². The maximum Gasteiger partial charge on any atom is 0.294 e. The van der Waals surface area contributed by atoms with Crippen LogP contribution in [0.3, 0.4) is 0 Å². The second kappa shape index (κ2) is 5.49. The molecule has 0 bridgehead atoms. The van der Waals surface area contributed by atoms with Gasteiger partial charge in [0.2, 0.25) is 5.88 Å². The number of benzene rings is 2. The number of nitrogens with zero attached hydrogens (tertiary/aromatic N) is 2. The fourth-order valence-electron chi connectivity index (χ4n) is 2.47. The molecule has 6 nitrogen and oxygen atoms in total. The standard InChI is InChI=1S/C17H14N2O4/c1-18(11-7-3-2-4-8-11)16(21)14-12-9-5-6-10-13(12)15(20)19(23)17(14)22/h2-10,22-23H,1H3. The molecule has 2 aromatic carbocycles. The molecule has 0 fully saturated rings. The Balaban J connectivity index is 2.24. The van der Waals surface area contributed by atoms with Gasteiger partial charge in [0.25, 0.3) is 11.5 Å². The van der Waals surface area contributed by atoms with Crippen molar-refractivity contribution in [2.75, 3.05) is 11.9 Å². The number of amides is 1. The first kappa shape index (κ1) is 14.6. The van der Waals surface area contributed by atoms with Crippen molar-refractivity contribution < 1.29 is 15.1 Å². The summed E-state index contributed by atoms with van der Waals surface area (Å²) in [5, 5.41) is 20.3. The van der Waals surface area contributed by atoms with Crippen LogP contribution in [0, 0.1) is 0 Å². The lowest BCUT2D eigenvalue weighted by Gasteiger charge is -2.19. The summed E-state index contributed by atoms with van der Waals surface area (Å²) >= 11 is 0. The molecule has 0 radical (unpaired) electrons. The van der Waals surface area contributed by atoms with Crippen LogP contribution in [-0.2, 0) is 0 Å². The number of carbonyl (C=O) groups is 1. The Hall–Kier alpha value is -3.28. The van der Waals surface area contributed by atoms with Gasteiger partial charge in [-0.2, -0.15) is 0 Å². The lowest BCUT2D eigenvalue weighted by Crippen LogP contribution is -2.29. The number of aromatic hydroxyl groups is 1. The van der Waals surface area contributed by atoms with E-state index in [1.54, 1.807) is 49.5 Å². The van der Waals surface area contributed by atoms with Crippen molar-refractivity contribution in [2.45, 2.75) is 0 Å². The summed E-state index contributed by atoms with van der Waals surface area (Å²) in [7, 11) is 1.55. The Morgan fingerprint density at radius 3 is 2.22 bits per heavy atom. The molecule has 23 heavy (non-hydrogen) atoms. The SMILES string of the molecule is CN(C(=O)c1c(O)n(O)c(=O)c2ccccc12)c1ccccc1. The van der Waals surface area contributed by atoms with E-state index in [2.05, 4.69) is 0 Å². The summed E-state index contributed by atoms with van der Waals surface area (Å²) in [6, 6.07) is 15.2. The fraction of sp³-hybridized carbons (Fsp3) is 0.0588. The van der Waals surface area contributed by atoms with Gasteiger partial charge >= 0.3 is 0 Å². The van der Waals surface area contributed by atoms with E-state index in [0.29, 0.717) is 5.69 Å². The fourth-order valence-corrected chi connectivity index (χ4v) is 2.47. The van der Waals surface area contributed by atoms with Crippen LogP contribution < -0.4 is 10.5 Å². The minimum absolute atomic E-state index is 0.0917. The molecule has 0 aliphatic carbocycles. The summed E-state index contributed by atoms with van der Waals surface area (Å²) in [6.45, 7) is 0. The van der Waals surface area contributed by atoms with Crippen molar-refractivity contribution in [3.63, 3.8) is 0 Å². The molecule has 0 aliphatic rings. The molecule has 0 saturated heterocycles. The van der Waals surface area contributed by atoms with Crippen LogP contribution in [0.2, 0.25) is 0 Å². The Kier molecular flexibility index (Phi) is 3.50. The summed E-state index contributed by atoms with van der Waals surface area (Å²) in [5.74, 6) is -1.31. The summed E-state index contributed by atoms with van der Waals surface area (Å²) in [6.07, 6.45) is 0. The van der Waals surface area contributed by atoms with Crippen molar-refractivity contribution >= 4 is 22.4 Å². The molecule has 116 valence electrons. The third kappa shape index (κ3) is 2.30. The number of anilines is 1. The summed E-state index contributed by atoms with van der Waals surface area (Å²) in [5.41, 5.74) is -0.289. The molecule has 0 atom stereocenters. The highest BCUT2D eigenvalue weighted by molar-refractivity contribution is 6.15. The molecule has 3 aromatic rings. The van der Waals surface area contributed by atoms with Crippen molar-refractivity contribution in [2.24, 2.45) is 0 Å². The molecule has 0 saturated carbocycles. The molecule has 1 amide bonds. The highest BCUT2D eigenvalue weighted by Crippen LogP contribution is 2.26. The van der Waals surface area contributed by atoms with Gasteiger partial charge in [-0.15, -0.1) is 4.73 Å². The maximum absolute atomic E-state index is 12.8. The van der Waals surface area contributed by atoms with E-state index in [9.17, 15) is 19.9 Å². The Morgan fingerprint density at radius 1 is 1.00 bits per heavy atom. The van der Waals surface area contributed by atoms with Gasteiger partial charge in [0.05, 0.1) is 5.39 Å². The van der Waals surface area contributed by atoms with Crippen LogP contribution in [0.1, 0.15) is 10.4 Å². The smallest absolute Gasteiger partial charge is 0.294 e. The highest BCUT2D eigenvalue weighted by Gasteiger charge is 2.24. The quantitative estimate of drug-likeness (QED) is 0.711. The van der Waals surface area contributed by atoms with Gasteiger partial charge in [0.1, 0.15) is 5.56 Å². The number of para-hydroxylation sites is 1. The van der Waals surface area contributed by atoms with E-state index in [-0.39, 0.29) is 21.1 Å². The number of hydrogen-bond acceptors (Lipinski definition) is 4. The minimum Gasteiger partial charge on any atom is -0.492 e. The minimum atomic E-state index is -0.781. The van der Waals surface area contributed by atoms with Gasteiger partial charge in [0.15, 0.2) is 0 Å². The van der Waals surface area contributed by atoms with Crippen molar-refractivity contribution in [1.29, 1.82) is 0 Å². The molecule has 1 heterocycles. The largest absolute Gasteiger partial charge is 0.492 e. The van der Waals surface area contributed by atoms with Crippen molar-refractivity contribution in [3.8, 4) is 5.88 Å². The summed E-state index contributed by atoms with van der Waals surface area (Å²) in [4.78, 5) is 26.1. The molecule has 1 aromatic heterocycles. The average Bonchev–Trinajstić information content (AvgIpc) is 2.60. The summed E-state index contributed by atoms with van der Waals surface area (Å²) < 4.78 is 0.0917. The zero-order chi connectivity index (χ0) is 16.6. The molecule has 6 heteroatoms. The first-order valence-electron chi connectivity index (χ1n) is 6.91. The molecular formula is C17H14N2O4. The first-order valence-corrected chi connectivity index (χ1v) is 6.91. The molecule has 0 unspecified atom stereocenters. The van der Waals surface area contributed by atoms with Gasteiger partial charge in [-0.3, -0.25) is 9.59 Å². The number of carbonyl (C=O) groups excluding carboxylic acids is 1. The Bertz CT molecular complexity index is 948. The van der Waals surface area contributed by atoms with E-state index in [1.165, 1.54) is 11.0 Å². The van der Waals surface area contributed by atoms with Gasteiger partial charge in [-0.25, -0.2) is 0 Å². The normalized spacial score (nSPS) is 10.7. The van der Waals surface area contributed by atoms with Crippen LogP contribution >= 0.6 is 0 Å². The van der Waals surface area contributed by atoms with Gasteiger partial charge in [-0.05, 0) is 18.2 Å². The molecule has 2 N–H and O–H groups in total. The predicted molar refractivity (Wildman–Crippen MR) is 86.2 cm³/mol. The molecule has 3 rings (SSSR count). The van der Waals surface area contributed by atoms with E-state index in [4.69, 9.17) is 0 Å². The van der Waals surface area contributed by atoms with Gasteiger partial charge in [0, 0.05) is 18.1 Å². The zero-order valence-corrected chi connectivity index (χ0v) is 12.3. The first-order chi connectivity index (χ1) is 11.0. The van der Waals surface area contributed by atoms with Crippen LogP contribution in [0.15, 0.2) is 59.4 Å². The van der Waals surface area contributed by atoms with E-state index in [0.717, 1.165) is 0 Å². The number of aromatic nitrogens is 1. The third-order valence-corrected chi connectivity index (χ3v) is 3.71. The highest BCUT2D eigenvalue weighted by atomic mass is 16.5. The Labute approximate surface area is 131 Å². The molecular weight excluding hydrogens is 296 g/mol. The second-order valence-electron chi connectivity index (χ2n) is 5.06. The number of rotatable bonds is 2. The number of hydrogen-bond donors (Lipinski definition) is 2.